The minimum Gasteiger partial charge on any atom is -0.334 e. The number of hydrogen-bond acceptors (Lipinski definition) is 3. The number of nitrogens with one attached hydrogen (secondary N) is 1. The number of carbonyl (C=O) groups excluding carboxylic acids is 2. The summed E-state index contributed by atoms with van der Waals surface area (Å²) >= 11 is 6.21. The summed E-state index contributed by atoms with van der Waals surface area (Å²) in [7, 11) is 1.14. The van der Waals surface area contributed by atoms with E-state index in [-0.39, 0.29) is 5.56 Å². The lowest BCUT2D eigenvalue weighted by atomic mass is 9.88. The SMILES string of the molecule is CN(C#N)C(=O)[C@@](C)(NC(=O)c1ccc(-c2ccccc2Cl)cc1)c1c(F)cccc1F. The molecular formula is C24H18ClF2N3O2. The van der Waals surface area contributed by atoms with E-state index < -0.39 is 34.6 Å². The summed E-state index contributed by atoms with van der Waals surface area (Å²) in [6.45, 7) is 1.15. The zero-order chi connectivity index (χ0) is 23.5. The molecule has 3 aromatic rings. The van der Waals surface area contributed by atoms with Gasteiger partial charge in [-0.25, -0.2) is 13.7 Å². The molecule has 0 saturated carbocycles. The van der Waals surface area contributed by atoms with Crippen LogP contribution in [0.15, 0.2) is 66.7 Å². The number of nitrogens with zero attached hydrogens (tertiary/aromatic N) is 2. The van der Waals surface area contributed by atoms with E-state index in [0.29, 0.717) is 9.92 Å². The van der Waals surface area contributed by atoms with Crippen molar-refractivity contribution in [2.75, 3.05) is 7.05 Å². The van der Waals surface area contributed by atoms with Gasteiger partial charge in [0, 0.05) is 23.2 Å². The second kappa shape index (κ2) is 9.16. The minimum atomic E-state index is -2.17. The van der Waals surface area contributed by atoms with Crippen LogP contribution >= 0.6 is 11.6 Å². The predicted octanol–water partition coefficient (Wildman–Crippen LogP) is 4.87. The van der Waals surface area contributed by atoms with Crippen molar-refractivity contribution in [3.05, 3.63) is 94.5 Å². The van der Waals surface area contributed by atoms with E-state index in [1.165, 1.54) is 12.1 Å². The van der Waals surface area contributed by atoms with Gasteiger partial charge in [-0.3, -0.25) is 9.59 Å². The average molecular weight is 454 g/mol. The molecule has 1 atom stereocenters. The molecule has 0 spiro atoms. The summed E-state index contributed by atoms with van der Waals surface area (Å²) in [5, 5.41) is 12.1. The van der Waals surface area contributed by atoms with Crippen LogP contribution in [0.25, 0.3) is 11.1 Å². The number of halogens is 3. The van der Waals surface area contributed by atoms with E-state index in [4.69, 9.17) is 16.9 Å². The Labute approximate surface area is 188 Å². The van der Waals surface area contributed by atoms with E-state index in [1.807, 2.05) is 12.1 Å². The van der Waals surface area contributed by atoms with Gasteiger partial charge < -0.3 is 5.32 Å². The Morgan fingerprint density at radius 3 is 2.16 bits per heavy atom. The molecule has 0 aliphatic carbocycles. The molecule has 8 heteroatoms. The standard InChI is InChI=1S/C24H18ClF2N3O2/c1-24(23(32)30(2)14-28,21-19(26)8-5-9-20(21)27)29-22(31)16-12-10-15(11-13-16)17-6-3-4-7-18(17)25/h3-13H,1-2H3,(H,29,31)/t24-/m0/s1. The van der Waals surface area contributed by atoms with Crippen LogP contribution in [0, 0.1) is 23.1 Å². The Morgan fingerprint density at radius 2 is 1.59 bits per heavy atom. The largest absolute Gasteiger partial charge is 0.334 e. The Hall–Kier alpha value is -3.76. The molecule has 1 N–H and O–H groups in total. The fourth-order valence-electron chi connectivity index (χ4n) is 3.37. The molecule has 5 nitrogen and oxygen atoms in total. The molecule has 0 aliphatic rings. The highest BCUT2D eigenvalue weighted by molar-refractivity contribution is 6.33. The van der Waals surface area contributed by atoms with Gasteiger partial charge in [-0.05, 0) is 42.8 Å². The van der Waals surface area contributed by atoms with Gasteiger partial charge in [-0.1, -0.05) is 48.0 Å². The van der Waals surface area contributed by atoms with Crippen LogP contribution in [0.4, 0.5) is 8.78 Å². The van der Waals surface area contributed by atoms with Crippen molar-refractivity contribution in [1.29, 1.82) is 5.26 Å². The third kappa shape index (κ3) is 4.32. The minimum absolute atomic E-state index is 0.149. The van der Waals surface area contributed by atoms with Gasteiger partial charge in [0.15, 0.2) is 6.19 Å². The average Bonchev–Trinajstić information content (AvgIpc) is 2.78. The maximum Gasteiger partial charge on any atom is 0.265 e. The zero-order valence-electron chi connectivity index (χ0n) is 17.2. The van der Waals surface area contributed by atoms with Crippen molar-refractivity contribution in [1.82, 2.24) is 10.2 Å². The van der Waals surface area contributed by atoms with Crippen LogP contribution in [-0.4, -0.2) is 23.8 Å². The van der Waals surface area contributed by atoms with Gasteiger partial charge in [0.05, 0.1) is 5.56 Å². The number of nitriles is 1. The van der Waals surface area contributed by atoms with Crippen LogP contribution in [-0.2, 0) is 10.3 Å². The topological polar surface area (TPSA) is 73.2 Å². The Kier molecular flexibility index (Phi) is 6.56. The molecule has 2 amide bonds. The summed E-state index contributed by atoms with van der Waals surface area (Å²) in [4.78, 5) is 26.4. The van der Waals surface area contributed by atoms with Gasteiger partial charge in [0.1, 0.15) is 17.2 Å². The highest BCUT2D eigenvalue weighted by Gasteiger charge is 2.43. The maximum atomic E-state index is 14.5. The second-order valence-corrected chi connectivity index (χ2v) is 7.60. The third-order valence-corrected chi connectivity index (χ3v) is 5.37. The van der Waals surface area contributed by atoms with Crippen molar-refractivity contribution in [2.45, 2.75) is 12.5 Å². The fraction of sp³-hybridized carbons (Fsp3) is 0.125. The highest BCUT2D eigenvalue weighted by atomic mass is 35.5. The van der Waals surface area contributed by atoms with E-state index in [9.17, 15) is 18.4 Å². The summed E-state index contributed by atoms with van der Waals surface area (Å²) in [5.74, 6) is -3.80. The van der Waals surface area contributed by atoms with E-state index >= 15 is 0 Å². The monoisotopic (exact) mass is 453 g/mol. The number of amides is 2. The van der Waals surface area contributed by atoms with E-state index in [1.54, 1.807) is 30.5 Å². The number of benzene rings is 3. The molecule has 0 aliphatic heterocycles. The molecule has 0 fully saturated rings. The molecule has 0 saturated heterocycles. The molecule has 0 unspecified atom stereocenters. The number of carbonyl (C=O) groups is 2. The molecular weight excluding hydrogens is 436 g/mol. The van der Waals surface area contributed by atoms with E-state index in [0.717, 1.165) is 43.3 Å². The zero-order valence-corrected chi connectivity index (χ0v) is 18.0. The molecule has 0 bridgehead atoms. The number of hydrogen-bond donors (Lipinski definition) is 1. The normalized spacial score (nSPS) is 12.4. The van der Waals surface area contributed by atoms with Gasteiger partial charge in [0.25, 0.3) is 11.8 Å². The fourth-order valence-corrected chi connectivity index (χ4v) is 3.62. The first kappa shape index (κ1) is 22.9. The summed E-state index contributed by atoms with van der Waals surface area (Å²) in [6.07, 6.45) is 1.60. The van der Waals surface area contributed by atoms with Crippen molar-refractivity contribution >= 4 is 23.4 Å². The first-order valence-corrected chi connectivity index (χ1v) is 9.86. The predicted molar refractivity (Wildman–Crippen MR) is 116 cm³/mol. The van der Waals surface area contributed by atoms with Crippen LogP contribution in [0.2, 0.25) is 5.02 Å². The molecule has 0 aromatic heterocycles. The summed E-state index contributed by atoms with van der Waals surface area (Å²) in [6, 6.07) is 16.6. The van der Waals surface area contributed by atoms with Crippen molar-refractivity contribution < 1.29 is 18.4 Å². The smallest absolute Gasteiger partial charge is 0.265 e. The number of rotatable bonds is 5. The van der Waals surface area contributed by atoms with Crippen LogP contribution in [0.3, 0.4) is 0 Å². The quantitative estimate of drug-likeness (QED) is 0.442. The van der Waals surface area contributed by atoms with Gasteiger partial charge >= 0.3 is 0 Å². The number of likely N-dealkylation sites (N-methyl/N-ethyl adjacent to an activating group) is 1. The van der Waals surface area contributed by atoms with Crippen molar-refractivity contribution in [2.24, 2.45) is 0 Å². The molecule has 0 heterocycles. The molecule has 0 radical (unpaired) electrons. The van der Waals surface area contributed by atoms with Crippen LogP contribution in [0.5, 0.6) is 0 Å². The maximum absolute atomic E-state index is 14.5. The van der Waals surface area contributed by atoms with Crippen LogP contribution in [0.1, 0.15) is 22.8 Å². The Balaban J connectivity index is 1.98. The third-order valence-electron chi connectivity index (χ3n) is 5.04. The van der Waals surface area contributed by atoms with Crippen molar-refractivity contribution in [3.8, 4) is 17.3 Å². The molecule has 3 aromatic carbocycles. The Bertz CT molecular complexity index is 1200. The molecule has 3 rings (SSSR count). The lowest BCUT2D eigenvalue weighted by molar-refractivity contribution is -0.133. The van der Waals surface area contributed by atoms with Gasteiger partial charge in [-0.15, -0.1) is 0 Å². The first-order chi connectivity index (χ1) is 15.2. The van der Waals surface area contributed by atoms with E-state index in [2.05, 4.69) is 5.32 Å². The summed E-state index contributed by atoms with van der Waals surface area (Å²) in [5.41, 5.74) is -1.15. The Morgan fingerprint density at radius 1 is 1.00 bits per heavy atom. The lowest BCUT2D eigenvalue weighted by Crippen LogP contribution is -2.54. The second-order valence-electron chi connectivity index (χ2n) is 7.20. The van der Waals surface area contributed by atoms with Crippen LogP contribution < -0.4 is 5.32 Å². The lowest BCUT2D eigenvalue weighted by Gasteiger charge is -2.32. The summed E-state index contributed by atoms with van der Waals surface area (Å²) < 4.78 is 29.1. The molecule has 32 heavy (non-hydrogen) atoms. The van der Waals surface area contributed by atoms with Crippen molar-refractivity contribution in [3.63, 3.8) is 0 Å². The van der Waals surface area contributed by atoms with Gasteiger partial charge in [-0.2, -0.15) is 5.26 Å². The van der Waals surface area contributed by atoms with Gasteiger partial charge in [0.2, 0.25) is 0 Å². The highest BCUT2D eigenvalue weighted by Crippen LogP contribution is 2.30. The molecule has 162 valence electrons. The first-order valence-electron chi connectivity index (χ1n) is 9.49.